The Kier molecular flexibility index (Phi) is 3.78. The van der Waals surface area contributed by atoms with Crippen LogP contribution in [0.25, 0.3) is 0 Å². The van der Waals surface area contributed by atoms with E-state index in [4.69, 9.17) is 12.2 Å². The first-order valence-electron chi connectivity index (χ1n) is 3.31. The average Bonchev–Trinajstić information content (AvgIpc) is 1.84. The van der Waals surface area contributed by atoms with Crippen LogP contribution in [0.2, 0.25) is 0 Å². The third-order valence-electron chi connectivity index (χ3n) is 1.66. The minimum atomic E-state index is 0.505. The number of rotatable bonds is 2. The molecular formula is C7H15NS. The van der Waals surface area contributed by atoms with Gasteiger partial charge in [0, 0.05) is 13.0 Å². The van der Waals surface area contributed by atoms with Gasteiger partial charge < -0.3 is 5.32 Å². The molecule has 0 aromatic heterocycles. The Morgan fingerprint density at radius 3 is 1.89 bits per heavy atom. The molecule has 0 rings (SSSR count). The van der Waals surface area contributed by atoms with E-state index in [0.717, 1.165) is 4.99 Å². The molecule has 2 heteroatoms. The molecule has 0 aromatic carbocycles. The molecule has 0 saturated heterocycles. The maximum absolute atomic E-state index is 5.04. The van der Waals surface area contributed by atoms with E-state index in [1.807, 2.05) is 7.05 Å². The Morgan fingerprint density at radius 2 is 1.78 bits per heavy atom. The van der Waals surface area contributed by atoms with Crippen LogP contribution in [0, 0.1) is 11.8 Å². The van der Waals surface area contributed by atoms with Gasteiger partial charge in [-0.25, -0.2) is 0 Å². The van der Waals surface area contributed by atoms with Crippen molar-refractivity contribution in [2.24, 2.45) is 11.8 Å². The van der Waals surface area contributed by atoms with Crippen molar-refractivity contribution >= 4 is 17.2 Å². The summed E-state index contributed by atoms with van der Waals surface area (Å²) in [4.78, 5) is 0.963. The minimum Gasteiger partial charge on any atom is -0.383 e. The second-order valence-corrected chi connectivity index (χ2v) is 3.09. The lowest BCUT2D eigenvalue weighted by atomic mass is 9.98. The van der Waals surface area contributed by atoms with Gasteiger partial charge in [0.2, 0.25) is 0 Å². The molecule has 0 aliphatic carbocycles. The maximum Gasteiger partial charge on any atom is 0.0781 e. The Hall–Kier alpha value is -0.110. The van der Waals surface area contributed by atoms with Crippen LogP contribution in [0.3, 0.4) is 0 Å². The summed E-state index contributed by atoms with van der Waals surface area (Å²) in [6, 6.07) is 0. The molecule has 0 spiro atoms. The van der Waals surface area contributed by atoms with Crippen molar-refractivity contribution in [2.75, 3.05) is 7.05 Å². The second-order valence-electron chi connectivity index (χ2n) is 2.65. The van der Waals surface area contributed by atoms with Gasteiger partial charge in [0.05, 0.1) is 4.99 Å². The highest BCUT2D eigenvalue weighted by Crippen LogP contribution is 2.09. The molecule has 0 bridgehead atoms. The zero-order chi connectivity index (χ0) is 7.44. The highest BCUT2D eigenvalue weighted by Gasteiger charge is 2.09. The van der Waals surface area contributed by atoms with E-state index in [1.165, 1.54) is 0 Å². The van der Waals surface area contributed by atoms with Crippen molar-refractivity contribution in [2.45, 2.75) is 20.8 Å². The normalized spacial score (nSPS) is 13.4. The van der Waals surface area contributed by atoms with Crippen molar-refractivity contribution < 1.29 is 0 Å². The number of nitrogens with one attached hydrogen (secondary N) is 1. The average molecular weight is 145 g/mol. The topological polar surface area (TPSA) is 12.0 Å². The first kappa shape index (κ1) is 8.89. The smallest absolute Gasteiger partial charge is 0.0781 e. The number of thiocarbonyl (C=S) groups is 1. The lowest BCUT2D eigenvalue weighted by Crippen LogP contribution is -2.26. The van der Waals surface area contributed by atoms with Crippen molar-refractivity contribution in [3.63, 3.8) is 0 Å². The van der Waals surface area contributed by atoms with E-state index in [9.17, 15) is 0 Å². The standard InChI is InChI=1S/C7H15NS/c1-5(2)6(3)7(9)8-4/h5-6H,1-4H3,(H,8,9). The molecule has 0 amide bonds. The van der Waals surface area contributed by atoms with E-state index >= 15 is 0 Å². The monoisotopic (exact) mass is 145 g/mol. The Morgan fingerprint density at radius 1 is 1.33 bits per heavy atom. The molecular weight excluding hydrogens is 130 g/mol. The van der Waals surface area contributed by atoms with Crippen LogP contribution in [0.15, 0.2) is 0 Å². The summed E-state index contributed by atoms with van der Waals surface area (Å²) in [7, 11) is 1.88. The Bertz CT molecular complexity index is 99.1. The first-order valence-corrected chi connectivity index (χ1v) is 3.72. The number of hydrogen-bond acceptors (Lipinski definition) is 1. The lowest BCUT2D eigenvalue weighted by Gasteiger charge is -2.15. The summed E-state index contributed by atoms with van der Waals surface area (Å²) in [5, 5.41) is 2.98. The third-order valence-corrected chi connectivity index (χ3v) is 2.24. The Balaban J connectivity index is 3.72. The van der Waals surface area contributed by atoms with Crippen LogP contribution >= 0.6 is 12.2 Å². The van der Waals surface area contributed by atoms with Gasteiger partial charge in [-0.2, -0.15) is 0 Å². The molecule has 9 heavy (non-hydrogen) atoms. The summed E-state index contributed by atoms with van der Waals surface area (Å²) in [6.45, 7) is 6.49. The maximum atomic E-state index is 5.04. The highest BCUT2D eigenvalue weighted by molar-refractivity contribution is 7.80. The van der Waals surface area contributed by atoms with Crippen molar-refractivity contribution in [3.8, 4) is 0 Å². The van der Waals surface area contributed by atoms with Gasteiger partial charge in [0.25, 0.3) is 0 Å². The summed E-state index contributed by atoms with van der Waals surface area (Å²) >= 11 is 5.04. The fourth-order valence-electron chi connectivity index (χ4n) is 0.530. The van der Waals surface area contributed by atoms with Crippen LogP contribution in [0.1, 0.15) is 20.8 Å². The number of hydrogen-bond donors (Lipinski definition) is 1. The zero-order valence-corrected chi connectivity index (χ0v) is 7.38. The third kappa shape index (κ3) is 2.80. The summed E-state index contributed by atoms with van der Waals surface area (Å²) in [5.41, 5.74) is 0. The molecule has 0 aliphatic heterocycles. The van der Waals surface area contributed by atoms with Gasteiger partial charge in [0.1, 0.15) is 0 Å². The van der Waals surface area contributed by atoms with Gasteiger partial charge in [-0.15, -0.1) is 0 Å². The largest absolute Gasteiger partial charge is 0.383 e. The van der Waals surface area contributed by atoms with Crippen LogP contribution < -0.4 is 5.32 Å². The first-order chi connectivity index (χ1) is 4.09. The SMILES string of the molecule is CNC(=S)C(C)C(C)C. The molecule has 1 unspecified atom stereocenters. The zero-order valence-electron chi connectivity index (χ0n) is 6.56. The second kappa shape index (κ2) is 3.83. The summed E-state index contributed by atoms with van der Waals surface area (Å²) in [5.74, 6) is 1.15. The van der Waals surface area contributed by atoms with Crippen molar-refractivity contribution in [3.05, 3.63) is 0 Å². The summed E-state index contributed by atoms with van der Waals surface area (Å²) in [6.07, 6.45) is 0. The van der Waals surface area contributed by atoms with Crippen molar-refractivity contribution in [1.82, 2.24) is 5.32 Å². The molecule has 54 valence electrons. The van der Waals surface area contributed by atoms with E-state index in [1.54, 1.807) is 0 Å². The van der Waals surface area contributed by atoms with Crippen LogP contribution in [0.4, 0.5) is 0 Å². The molecule has 0 heterocycles. The summed E-state index contributed by atoms with van der Waals surface area (Å²) < 4.78 is 0. The van der Waals surface area contributed by atoms with E-state index < -0.39 is 0 Å². The predicted molar refractivity (Wildman–Crippen MR) is 45.7 cm³/mol. The predicted octanol–water partition coefficient (Wildman–Crippen LogP) is 1.83. The van der Waals surface area contributed by atoms with Crippen LogP contribution in [-0.4, -0.2) is 12.0 Å². The van der Waals surface area contributed by atoms with E-state index in [0.29, 0.717) is 11.8 Å². The molecule has 1 nitrogen and oxygen atoms in total. The lowest BCUT2D eigenvalue weighted by molar-refractivity contribution is 0.528. The quantitative estimate of drug-likeness (QED) is 0.595. The fourth-order valence-corrected chi connectivity index (χ4v) is 0.803. The van der Waals surface area contributed by atoms with E-state index in [-0.39, 0.29) is 0 Å². The molecule has 1 atom stereocenters. The van der Waals surface area contributed by atoms with Crippen LogP contribution in [0.5, 0.6) is 0 Å². The molecule has 0 fully saturated rings. The van der Waals surface area contributed by atoms with Gasteiger partial charge >= 0.3 is 0 Å². The van der Waals surface area contributed by atoms with Gasteiger partial charge in [-0.1, -0.05) is 33.0 Å². The fraction of sp³-hybridized carbons (Fsp3) is 0.857. The van der Waals surface area contributed by atoms with Gasteiger partial charge in [-0.05, 0) is 5.92 Å². The molecule has 0 radical (unpaired) electrons. The van der Waals surface area contributed by atoms with Crippen molar-refractivity contribution in [1.29, 1.82) is 0 Å². The molecule has 0 saturated carbocycles. The van der Waals surface area contributed by atoms with Crippen LogP contribution in [-0.2, 0) is 0 Å². The molecule has 1 N–H and O–H groups in total. The van der Waals surface area contributed by atoms with Gasteiger partial charge in [0.15, 0.2) is 0 Å². The molecule has 0 aliphatic rings. The molecule has 0 aromatic rings. The van der Waals surface area contributed by atoms with Gasteiger partial charge in [-0.3, -0.25) is 0 Å². The van der Waals surface area contributed by atoms with E-state index in [2.05, 4.69) is 26.1 Å². The highest BCUT2D eigenvalue weighted by atomic mass is 32.1. The minimum absolute atomic E-state index is 0.505. The Labute approximate surface area is 62.8 Å².